The second kappa shape index (κ2) is 9.31. The molecule has 1 saturated heterocycles. The van der Waals surface area contributed by atoms with Gasteiger partial charge in [-0.25, -0.2) is 4.98 Å². The quantitative estimate of drug-likeness (QED) is 0.582. The van der Waals surface area contributed by atoms with Gasteiger partial charge in [0.2, 0.25) is 0 Å². The first-order chi connectivity index (χ1) is 16.8. The van der Waals surface area contributed by atoms with Gasteiger partial charge in [-0.05, 0) is 40.8 Å². The summed E-state index contributed by atoms with van der Waals surface area (Å²) in [6, 6.07) is 14.6. The number of nitrogens with two attached hydrogens (primary N) is 1. The van der Waals surface area contributed by atoms with E-state index in [0.29, 0.717) is 17.9 Å². The molecule has 1 aromatic heterocycles. The lowest BCUT2D eigenvalue weighted by molar-refractivity contribution is -0.162. The molecule has 35 heavy (non-hydrogen) atoms. The number of morpholine rings is 1. The smallest absolute Gasteiger partial charge is 0.383 e. The number of benzene rings is 2. The molecule has 3 heterocycles. The molecule has 0 aliphatic carbocycles. The van der Waals surface area contributed by atoms with Crippen molar-refractivity contribution in [2.24, 2.45) is 0 Å². The molecule has 2 aliphatic rings. The fourth-order valence-corrected chi connectivity index (χ4v) is 4.72. The van der Waals surface area contributed by atoms with Gasteiger partial charge in [-0.1, -0.05) is 36.4 Å². The third-order valence-electron chi connectivity index (χ3n) is 6.51. The van der Waals surface area contributed by atoms with Crippen LogP contribution in [0, 0.1) is 0 Å². The fraction of sp³-hybridized carbons (Fsp3) is 0.308. The highest BCUT2D eigenvalue weighted by Crippen LogP contribution is 2.33. The van der Waals surface area contributed by atoms with Crippen molar-refractivity contribution in [3.8, 4) is 22.3 Å². The molecule has 1 amide bonds. The number of aromatic nitrogens is 1. The summed E-state index contributed by atoms with van der Waals surface area (Å²) in [7, 11) is 0. The van der Waals surface area contributed by atoms with Gasteiger partial charge in [-0.2, -0.15) is 13.2 Å². The Bertz CT molecular complexity index is 1240. The SMILES string of the molecule is Nc1ncc(-c2ccc(C3COCCN3CC(F)(F)F)cc2)cc1-c1ccc2c(c1)CCNC2=O. The van der Waals surface area contributed by atoms with E-state index in [0.717, 1.165) is 39.8 Å². The van der Waals surface area contributed by atoms with Crippen LogP contribution < -0.4 is 11.1 Å². The van der Waals surface area contributed by atoms with E-state index in [1.165, 1.54) is 4.90 Å². The number of nitrogens with one attached hydrogen (secondary N) is 1. The Morgan fingerprint density at radius 1 is 1.06 bits per heavy atom. The first kappa shape index (κ1) is 23.3. The van der Waals surface area contributed by atoms with Crippen molar-refractivity contribution in [1.82, 2.24) is 15.2 Å². The number of pyridine rings is 1. The monoisotopic (exact) mass is 482 g/mol. The Kier molecular flexibility index (Phi) is 6.21. The van der Waals surface area contributed by atoms with Gasteiger partial charge in [0.25, 0.3) is 5.91 Å². The highest BCUT2D eigenvalue weighted by Gasteiger charge is 2.35. The molecule has 0 bridgehead atoms. The van der Waals surface area contributed by atoms with Gasteiger partial charge < -0.3 is 15.8 Å². The number of carbonyl (C=O) groups excluding carboxylic acids is 1. The number of alkyl halides is 3. The number of carbonyl (C=O) groups is 1. The molecule has 182 valence electrons. The second-order valence-corrected chi connectivity index (χ2v) is 8.83. The summed E-state index contributed by atoms with van der Waals surface area (Å²) in [5.74, 6) is 0.308. The summed E-state index contributed by atoms with van der Waals surface area (Å²) < 4.78 is 44.5. The molecule has 9 heteroatoms. The Morgan fingerprint density at radius 2 is 1.83 bits per heavy atom. The zero-order valence-corrected chi connectivity index (χ0v) is 18.9. The van der Waals surface area contributed by atoms with Crippen molar-refractivity contribution < 1.29 is 22.7 Å². The largest absolute Gasteiger partial charge is 0.401 e. The van der Waals surface area contributed by atoms with Crippen LogP contribution in [0.5, 0.6) is 0 Å². The van der Waals surface area contributed by atoms with E-state index in [4.69, 9.17) is 10.5 Å². The van der Waals surface area contributed by atoms with Gasteiger partial charge in [0.05, 0.1) is 25.8 Å². The maximum Gasteiger partial charge on any atom is 0.401 e. The number of hydrogen-bond donors (Lipinski definition) is 2. The summed E-state index contributed by atoms with van der Waals surface area (Å²) in [6.07, 6.45) is -1.83. The molecule has 3 N–H and O–H groups in total. The molecule has 5 rings (SSSR count). The standard InChI is InChI=1S/C26H25F3N4O2/c27-26(28,29)15-33-9-10-35-14-23(33)17-3-1-16(2-4-17)20-12-22(24(30)32-13-20)18-5-6-21-19(11-18)7-8-31-25(21)34/h1-6,11-13,23H,7-10,14-15H2,(H2,30,32)(H,31,34). The Hall–Kier alpha value is -3.43. The van der Waals surface area contributed by atoms with E-state index in [-0.39, 0.29) is 25.7 Å². The minimum Gasteiger partial charge on any atom is -0.383 e. The number of rotatable bonds is 4. The van der Waals surface area contributed by atoms with E-state index in [9.17, 15) is 18.0 Å². The van der Waals surface area contributed by atoms with Crippen LogP contribution in [0.4, 0.5) is 19.0 Å². The molecule has 1 fully saturated rings. The number of ether oxygens (including phenoxy) is 1. The molecule has 1 unspecified atom stereocenters. The van der Waals surface area contributed by atoms with Crippen LogP contribution in [0.1, 0.15) is 27.5 Å². The van der Waals surface area contributed by atoms with Crippen LogP contribution in [0.25, 0.3) is 22.3 Å². The summed E-state index contributed by atoms with van der Waals surface area (Å²) >= 11 is 0. The zero-order chi connectivity index (χ0) is 24.6. The van der Waals surface area contributed by atoms with Crippen molar-refractivity contribution in [2.45, 2.75) is 18.6 Å². The third-order valence-corrected chi connectivity index (χ3v) is 6.51. The van der Waals surface area contributed by atoms with Gasteiger partial charge in [-0.3, -0.25) is 9.69 Å². The van der Waals surface area contributed by atoms with E-state index in [2.05, 4.69) is 10.3 Å². The number of nitrogen functional groups attached to an aromatic ring is 1. The second-order valence-electron chi connectivity index (χ2n) is 8.83. The maximum absolute atomic E-state index is 13.0. The summed E-state index contributed by atoms with van der Waals surface area (Å²) in [6.45, 7) is 0.384. The average Bonchev–Trinajstić information content (AvgIpc) is 2.84. The van der Waals surface area contributed by atoms with E-state index < -0.39 is 18.8 Å². The van der Waals surface area contributed by atoms with Crippen LogP contribution in [0.3, 0.4) is 0 Å². The topological polar surface area (TPSA) is 80.5 Å². The van der Waals surface area contributed by atoms with E-state index >= 15 is 0 Å². The highest BCUT2D eigenvalue weighted by atomic mass is 19.4. The Labute approximate surface area is 200 Å². The summed E-state index contributed by atoms with van der Waals surface area (Å²) in [5, 5.41) is 2.84. The lowest BCUT2D eigenvalue weighted by Crippen LogP contribution is -2.44. The van der Waals surface area contributed by atoms with Gasteiger partial charge in [0.15, 0.2) is 0 Å². The van der Waals surface area contributed by atoms with Crippen LogP contribution in [0.15, 0.2) is 54.7 Å². The van der Waals surface area contributed by atoms with Crippen molar-refractivity contribution in [3.63, 3.8) is 0 Å². The van der Waals surface area contributed by atoms with E-state index in [1.54, 1.807) is 12.3 Å². The number of halogens is 3. The van der Waals surface area contributed by atoms with E-state index in [1.807, 2.05) is 42.5 Å². The molecule has 1 atom stereocenters. The fourth-order valence-electron chi connectivity index (χ4n) is 4.72. The lowest BCUT2D eigenvalue weighted by Gasteiger charge is -2.36. The maximum atomic E-state index is 13.0. The summed E-state index contributed by atoms with van der Waals surface area (Å²) in [4.78, 5) is 17.8. The van der Waals surface area contributed by atoms with Crippen LogP contribution in [-0.2, 0) is 11.2 Å². The molecule has 0 radical (unpaired) electrons. The normalized spacial score (nSPS) is 18.7. The number of anilines is 1. The van der Waals surface area contributed by atoms with Gasteiger partial charge in [0, 0.05) is 36.0 Å². The lowest BCUT2D eigenvalue weighted by atomic mass is 9.94. The van der Waals surface area contributed by atoms with Gasteiger partial charge in [-0.15, -0.1) is 0 Å². The number of hydrogen-bond acceptors (Lipinski definition) is 5. The molecule has 0 spiro atoms. The number of nitrogens with zero attached hydrogens (tertiary/aromatic N) is 2. The van der Waals surface area contributed by atoms with Crippen LogP contribution in [-0.4, -0.2) is 54.8 Å². The zero-order valence-electron chi connectivity index (χ0n) is 18.9. The first-order valence-electron chi connectivity index (χ1n) is 11.4. The first-order valence-corrected chi connectivity index (χ1v) is 11.4. The van der Waals surface area contributed by atoms with Gasteiger partial charge in [0.1, 0.15) is 5.82 Å². The van der Waals surface area contributed by atoms with Crippen molar-refractivity contribution in [3.05, 3.63) is 71.4 Å². The van der Waals surface area contributed by atoms with Gasteiger partial charge >= 0.3 is 6.18 Å². The predicted octanol–water partition coefficient (Wildman–Crippen LogP) is 4.22. The molecule has 2 aromatic carbocycles. The molecular weight excluding hydrogens is 457 g/mol. The Morgan fingerprint density at radius 3 is 2.60 bits per heavy atom. The van der Waals surface area contributed by atoms with Crippen molar-refractivity contribution in [2.75, 3.05) is 38.6 Å². The van der Waals surface area contributed by atoms with Crippen LogP contribution in [0.2, 0.25) is 0 Å². The van der Waals surface area contributed by atoms with Crippen LogP contribution >= 0.6 is 0 Å². The third kappa shape index (κ3) is 5.01. The minimum absolute atomic E-state index is 0.0742. The highest BCUT2D eigenvalue weighted by molar-refractivity contribution is 5.97. The molecular formula is C26H25F3N4O2. The molecule has 3 aromatic rings. The molecule has 0 saturated carbocycles. The number of fused-ring (bicyclic) bond motifs is 1. The average molecular weight is 483 g/mol. The summed E-state index contributed by atoms with van der Waals surface area (Å²) in [5.41, 5.74) is 12.0. The molecule has 2 aliphatic heterocycles. The minimum atomic E-state index is -4.26. The predicted molar refractivity (Wildman–Crippen MR) is 127 cm³/mol. The molecule has 6 nitrogen and oxygen atoms in total. The van der Waals surface area contributed by atoms with Crippen molar-refractivity contribution >= 4 is 11.7 Å². The number of amides is 1. The van der Waals surface area contributed by atoms with Crippen molar-refractivity contribution in [1.29, 1.82) is 0 Å². The Balaban J connectivity index is 1.41.